The second-order valence-electron chi connectivity index (χ2n) is 7.62. The average Bonchev–Trinajstić information content (AvgIpc) is 2.59. The molecular weight excluding hydrogens is 314 g/mol. The zero-order valence-corrected chi connectivity index (χ0v) is 16.6. The van der Waals surface area contributed by atoms with Gasteiger partial charge in [-0.05, 0) is 32.3 Å². The summed E-state index contributed by atoms with van der Waals surface area (Å²) in [4.78, 5) is 12.4. The molecule has 0 saturated heterocycles. The summed E-state index contributed by atoms with van der Waals surface area (Å²) in [5, 5.41) is 9.57. The molecule has 1 rings (SSSR count). The summed E-state index contributed by atoms with van der Waals surface area (Å²) in [6.45, 7) is 6.86. The fourth-order valence-electron chi connectivity index (χ4n) is 3.07. The molecule has 1 aromatic rings. The Bertz CT molecular complexity index is 499. The van der Waals surface area contributed by atoms with Gasteiger partial charge in [-0.3, -0.25) is 4.79 Å². The van der Waals surface area contributed by atoms with Gasteiger partial charge < -0.3 is 14.3 Å². The van der Waals surface area contributed by atoms with E-state index in [0.29, 0.717) is 18.7 Å². The van der Waals surface area contributed by atoms with E-state index in [-0.39, 0.29) is 12.6 Å². The molecule has 1 aromatic carbocycles. The van der Waals surface area contributed by atoms with Gasteiger partial charge in [-0.2, -0.15) is 0 Å². The van der Waals surface area contributed by atoms with Crippen molar-refractivity contribution in [3.05, 3.63) is 35.9 Å². The Hall–Kier alpha value is -1.39. The summed E-state index contributed by atoms with van der Waals surface area (Å²) < 4.78 is 6.46. The van der Waals surface area contributed by atoms with Crippen molar-refractivity contribution in [3.63, 3.8) is 0 Å². The van der Waals surface area contributed by atoms with Gasteiger partial charge in [-0.25, -0.2) is 0 Å². The van der Waals surface area contributed by atoms with Crippen LogP contribution in [-0.4, -0.2) is 55.0 Å². The molecule has 0 amide bonds. The number of carbonyl (C=O) groups is 1. The quantitative estimate of drug-likeness (QED) is 0.488. The van der Waals surface area contributed by atoms with Crippen molar-refractivity contribution in [2.75, 3.05) is 27.3 Å². The van der Waals surface area contributed by atoms with Crippen LogP contribution in [-0.2, 0) is 9.53 Å². The van der Waals surface area contributed by atoms with Crippen LogP contribution < -0.4 is 0 Å². The summed E-state index contributed by atoms with van der Waals surface area (Å²) in [7, 11) is 4.51. The number of benzene rings is 1. The standard InChI is InChI=1S/C21H36NO3/c1-6-7-13-19(22(4,5)17(2)3)14-15-25-21(24)20(16-23)18-11-9-8-10-12-18/h8-12,17,19-20,23H,6-7,13-16H2,1-5H3/q+1. The first-order chi connectivity index (χ1) is 11.8. The van der Waals surface area contributed by atoms with Crippen LogP contribution in [0.1, 0.15) is 57.9 Å². The van der Waals surface area contributed by atoms with E-state index in [4.69, 9.17) is 4.74 Å². The number of unbranched alkanes of at least 4 members (excludes halogenated alkanes) is 1. The zero-order chi connectivity index (χ0) is 18.9. The van der Waals surface area contributed by atoms with Crippen molar-refractivity contribution >= 4 is 5.97 Å². The molecule has 2 unspecified atom stereocenters. The Morgan fingerprint density at radius 3 is 2.32 bits per heavy atom. The molecule has 0 heterocycles. The van der Waals surface area contributed by atoms with E-state index < -0.39 is 5.92 Å². The molecule has 0 radical (unpaired) electrons. The maximum absolute atomic E-state index is 12.4. The molecule has 4 nitrogen and oxygen atoms in total. The molecule has 0 bridgehead atoms. The summed E-state index contributed by atoms with van der Waals surface area (Å²) >= 11 is 0. The lowest BCUT2D eigenvalue weighted by Gasteiger charge is -2.42. The van der Waals surface area contributed by atoms with Crippen molar-refractivity contribution in [3.8, 4) is 0 Å². The van der Waals surface area contributed by atoms with Gasteiger partial charge in [0.15, 0.2) is 0 Å². The van der Waals surface area contributed by atoms with Gasteiger partial charge in [-0.15, -0.1) is 0 Å². The van der Waals surface area contributed by atoms with E-state index in [9.17, 15) is 9.90 Å². The van der Waals surface area contributed by atoms with Crippen LogP contribution in [0.3, 0.4) is 0 Å². The Morgan fingerprint density at radius 1 is 1.16 bits per heavy atom. The van der Waals surface area contributed by atoms with Gasteiger partial charge in [0.25, 0.3) is 0 Å². The summed E-state index contributed by atoms with van der Waals surface area (Å²) in [6, 6.07) is 10.3. The number of esters is 1. The number of aliphatic hydroxyl groups is 1. The molecule has 0 spiro atoms. The normalized spacial score (nSPS) is 14.4. The summed E-state index contributed by atoms with van der Waals surface area (Å²) in [5.74, 6) is -0.930. The van der Waals surface area contributed by atoms with E-state index in [1.807, 2.05) is 30.3 Å². The van der Waals surface area contributed by atoms with Crippen molar-refractivity contribution in [2.45, 2.75) is 64.5 Å². The first-order valence-electron chi connectivity index (χ1n) is 9.50. The smallest absolute Gasteiger partial charge is 0.315 e. The van der Waals surface area contributed by atoms with E-state index in [0.717, 1.165) is 22.9 Å². The number of hydrogen-bond acceptors (Lipinski definition) is 3. The van der Waals surface area contributed by atoms with E-state index in [1.165, 1.54) is 12.8 Å². The van der Waals surface area contributed by atoms with Crippen LogP contribution in [0.4, 0.5) is 0 Å². The van der Waals surface area contributed by atoms with Crippen molar-refractivity contribution in [1.82, 2.24) is 0 Å². The molecular formula is C21H36NO3+. The zero-order valence-electron chi connectivity index (χ0n) is 16.6. The maximum Gasteiger partial charge on any atom is 0.315 e. The van der Waals surface area contributed by atoms with Crippen LogP contribution in [0.2, 0.25) is 0 Å². The SMILES string of the molecule is CCCCC(CCOC(=O)C(CO)c1ccccc1)[N+](C)(C)C(C)C. The minimum absolute atomic E-state index is 0.227. The Balaban J connectivity index is 2.63. The van der Waals surface area contributed by atoms with E-state index in [1.54, 1.807) is 0 Å². The highest BCUT2D eigenvalue weighted by Crippen LogP contribution is 2.22. The van der Waals surface area contributed by atoms with Gasteiger partial charge >= 0.3 is 5.97 Å². The predicted molar refractivity (Wildman–Crippen MR) is 102 cm³/mol. The van der Waals surface area contributed by atoms with Crippen molar-refractivity contribution in [1.29, 1.82) is 0 Å². The summed E-state index contributed by atoms with van der Waals surface area (Å²) in [6.07, 6.45) is 4.36. The third-order valence-corrected chi connectivity index (χ3v) is 5.53. The number of ether oxygens (including phenoxy) is 1. The van der Waals surface area contributed by atoms with Crippen LogP contribution in [0.25, 0.3) is 0 Å². The second-order valence-corrected chi connectivity index (χ2v) is 7.62. The topological polar surface area (TPSA) is 46.5 Å². The Kier molecular flexibility index (Phi) is 9.15. The van der Waals surface area contributed by atoms with Gasteiger partial charge in [0.05, 0.1) is 39.4 Å². The fourth-order valence-corrected chi connectivity index (χ4v) is 3.07. The average molecular weight is 351 g/mol. The minimum Gasteiger partial charge on any atom is -0.465 e. The molecule has 0 aliphatic carbocycles. The highest BCUT2D eigenvalue weighted by molar-refractivity contribution is 5.78. The predicted octanol–water partition coefficient (Wildman–Crippen LogP) is 3.74. The monoisotopic (exact) mass is 350 g/mol. The van der Waals surface area contributed by atoms with Gasteiger partial charge in [0.2, 0.25) is 0 Å². The molecule has 0 aromatic heterocycles. The number of aliphatic hydroxyl groups excluding tert-OH is 1. The van der Waals surface area contributed by atoms with Gasteiger partial charge in [0.1, 0.15) is 5.92 Å². The molecule has 1 N–H and O–H groups in total. The van der Waals surface area contributed by atoms with Crippen LogP contribution in [0.15, 0.2) is 30.3 Å². The minimum atomic E-state index is -0.595. The molecule has 2 atom stereocenters. The van der Waals surface area contributed by atoms with E-state index in [2.05, 4.69) is 34.9 Å². The first-order valence-corrected chi connectivity index (χ1v) is 9.50. The van der Waals surface area contributed by atoms with Gasteiger partial charge in [0, 0.05) is 6.42 Å². The van der Waals surface area contributed by atoms with E-state index >= 15 is 0 Å². The molecule has 0 fully saturated rings. The van der Waals surface area contributed by atoms with Crippen LogP contribution in [0.5, 0.6) is 0 Å². The first kappa shape index (κ1) is 21.7. The Morgan fingerprint density at radius 2 is 1.80 bits per heavy atom. The number of carbonyl (C=O) groups excluding carboxylic acids is 1. The highest BCUT2D eigenvalue weighted by atomic mass is 16.5. The third kappa shape index (κ3) is 6.44. The lowest BCUT2D eigenvalue weighted by molar-refractivity contribution is -0.935. The number of hydrogen-bond donors (Lipinski definition) is 1. The fraction of sp³-hybridized carbons (Fsp3) is 0.667. The molecule has 142 valence electrons. The van der Waals surface area contributed by atoms with Crippen LogP contribution in [0, 0.1) is 0 Å². The maximum atomic E-state index is 12.4. The molecule has 4 heteroatoms. The van der Waals surface area contributed by atoms with Crippen molar-refractivity contribution < 1.29 is 19.1 Å². The molecule has 0 saturated carbocycles. The number of nitrogens with zero attached hydrogens (tertiary/aromatic N) is 1. The highest BCUT2D eigenvalue weighted by Gasteiger charge is 2.31. The lowest BCUT2D eigenvalue weighted by Crippen LogP contribution is -2.54. The molecule has 0 aliphatic heterocycles. The third-order valence-electron chi connectivity index (χ3n) is 5.53. The lowest BCUT2D eigenvalue weighted by atomic mass is 10.00. The van der Waals surface area contributed by atoms with Gasteiger partial charge in [-0.1, -0.05) is 43.7 Å². The number of rotatable bonds is 11. The van der Waals surface area contributed by atoms with Crippen molar-refractivity contribution in [2.24, 2.45) is 0 Å². The summed E-state index contributed by atoms with van der Waals surface area (Å²) in [5.41, 5.74) is 0.802. The second kappa shape index (κ2) is 10.6. The molecule has 25 heavy (non-hydrogen) atoms. The molecule has 0 aliphatic rings. The number of quaternary nitrogens is 1. The van der Waals surface area contributed by atoms with Crippen LogP contribution >= 0.6 is 0 Å². The largest absolute Gasteiger partial charge is 0.465 e. The Labute approximate surface area is 153 Å².